The first-order chi connectivity index (χ1) is 9.72. The molecule has 0 aliphatic carbocycles. The van der Waals surface area contributed by atoms with Gasteiger partial charge in [-0.1, -0.05) is 24.6 Å². The van der Waals surface area contributed by atoms with E-state index in [4.69, 9.17) is 0 Å². The summed E-state index contributed by atoms with van der Waals surface area (Å²) in [6, 6.07) is 6.79. The molecule has 108 valence electrons. The van der Waals surface area contributed by atoms with Gasteiger partial charge in [-0.2, -0.15) is 11.8 Å². The number of thioether (sulfide) groups is 1. The van der Waals surface area contributed by atoms with Crippen LogP contribution in [-0.2, 0) is 11.2 Å². The Hall–Kier alpha value is -0.830. The van der Waals surface area contributed by atoms with E-state index in [2.05, 4.69) is 11.8 Å². The van der Waals surface area contributed by atoms with E-state index in [-0.39, 0.29) is 11.7 Å². The number of Topliss-reactive ketones (excluding diaryl/α,β-unsaturated/α-hetero) is 1. The van der Waals surface area contributed by atoms with Crippen molar-refractivity contribution in [2.24, 2.45) is 5.92 Å². The summed E-state index contributed by atoms with van der Waals surface area (Å²) >= 11 is 2.10. The Labute approximate surface area is 124 Å². The Bertz CT molecular complexity index is 476. The molecule has 0 saturated carbocycles. The number of halogens is 1. The second-order valence-corrected chi connectivity index (χ2v) is 7.64. The second kappa shape index (κ2) is 6.30. The van der Waals surface area contributed by atoms with E-state index in [0.29, 0.717) is 34.7 Å². The van der Waals surface area contributed by atoms with Gasteiger partial charge in [0.15, 0.2) is 0 Å². The Morgan fingerprint density at radius 3 is 2.60 bits per heavy atom. The average Bonchev–Trinajstić information content (AvgIpc) is 2.45. The molecule has 1 aromatic rings. The van der Waals surface area contributed by atoms with E-state index in [1.165, 1.54) is 25.3 Å². The normalized spacial score (nSPS) is 29.1. The standard InChI is InChI=1S/C17H21FOS/c18-16-7-2-1-4-12(16)8-9-17(19)13-10-14-5-3-6-15(11-13)20-14/h1-2,4,7,13-15H,3,5-6,8-11H2. The van der Waals surface area contributed by atoms with Gasteiger partial charge >= 0.3 is 0 Å². The zero-order valence-electron chi connectivity index (χ0n) is 11.7. The molecular weight excluding hydrogens is 271 g/mol. The number of hydrogen-bond donors (Lipinski definition) is 0. The van der Waals surface area contributed by atoms with Crippen LogP contribution in [0.1, 0.15) is 44.1 Å². The summed E-state index contributed by atoms with van der Waals surface area (Å²) in [7, 11) is 0. The number of rotatable bonds is 4. The Kier molecular flexibility index (Phi) is 4.45. The fourth-order valence-electron chi connectivity index (χ4n) is 3.49. The Morgan fingerprint density at radius 1 is 1.20 bits per heavy atom. The number of carbonyl (C=O) groups is 1. The SMILES string of the molecule is O=C(CCc1ccccc1F)C1CC2CCCC(C1)S2. The third-order valence-electron chi connectivity index (χ3n) is 4.59. The van der Waals surface area contributed by atoms with Crippen LogP contribution < -0.4 is 0 Å². The molecule has 0 radical (unpaired) electrons. The highest BCUT2D eigenvalue weighted by Crippen LogP contribution is 2.44. The van der Waals surface area contributed by atoms with Gasteiger partial charge in [-0.15, -0.1) is 0 Å². The van der Waals surface area contributed by atoms with Crippen LogP contribution in [0.15, 0.2) is 24.3 Å². The van der Waals surface area contributed by atoms with Crippen LogP contribution in [0.3, 0.4) is 0 Å². The van der Waals surface area contributed by atoms with Crippen LogP contribution in [0, 0.1) is 11.7 Å². The van der Waals surface area contributed by atoms with E-state index in [1.807, 2.05) is 6.07 Å². The Balaban J connectivity index is 1.56. The van der Waals surface area contributed by atoms with Gasteiger partial charge in [0.05, 0.1) is 0 Å². The van der Waals surface area contributed by atoms with Crippen LogP contribution in [-0.4, -0.2) is 16.3 Å². The van der Waals surface area contributed by atoms with Crippen LogP contribution in [0.4, 0.5) is 4.39 Å². The molecule has 2 bridgehead atoms. The maximum Gasteiger partial charge on any atom is 0.136 e. The molecule has 1 nitrogen and oxygen atoms in total. The highest BCUT2D eigenvalue weighted by molar-refractivity contribution is 8.00. The molecule has 0 aromatic heterocycles. The fourth-order valence-corrected chi connectivity index (χ4v) is 5.32. The van der Waals surface area contributed by atoms with Crippen molar-refractivity contribution in [3.63, 3.8) is 0 Å². The molecule has 0 spiro atoms. The predicted octanol–water partition coefficient (Wildman–Crippen LogP) is 4.39. The van der Waals surface area contributed by atoms with Crippen molar-refractivity contribution >= 4 is 17.5 Å². The largest absolute Gasteiger partial charge is 0.299 e. The zero-order valence-corrected chi connectivity index (χ0v) is 12.5. The van der Waals surface area contributed by atoms with Crippen molar-refractivity contribution < 1.29 is 9.18 Å². The summed E-state index contributed by atoms with van der Waals surface area (Å²) in [5.41, 5.74) is 0.672. The van der Waals surface area contributed by atoms with Gasteiger partial charge in [0.25, 0.3) is 0 Å². The quantitative estimate of drug-likeness (QED) is 0.818. The first-order valence-corrected chi connectivity index (χ1v) is 8.58. The topological polar surface area (TPSA) is 17.1 Å². The lowest BCUT2D eigenvalue weighted by Crippen LogP contribution is -2.33. The third kappa shape index (κ3) is 3.25. The fraction of sp³-hybridized carbons (Fsp3) is 0.588. The van der Waals surface area contributed by atoms with E-state index >= 15 is 0 Å². The summed E-state index contributed by atoms with van der Waals surface area (Å²) in [6.07, 6.45) is 7.03. The van der Waals surface area contributed by atoms with E-state index in [1.54, 1.807) is 12.1 Å². The molecule has 2 aliphatic heterocycles. The minimum absolute atomic E-state index is 0.184. The Morgan fingerprint density at radius 2 is 1.90 bits per heavy atom. The molecule has 1 aromatic carbocycles. The van der Waals surface area contributed by atoms with Crippen molar-refractivity contribution in [3.05, 3.63) is 35.6 Å². The van der Waals surface area contributed by atoms with Gasteiger partial charge in [-0.3, -0.25) is 4.79 Å². The number of hydrogen-bond acceptors (Lipinski definition) is 2. The molecule has 2 unspecified atom stereocenters. The molecule has 2 saturated heterocycles. The lowest BCUT2D eigenvalue weighted by molar-refractivity contribution is -0.123. The van der Waals surface area contributed by atoms with Gasteiger partial charge < -0.3 is 0 Å². The number of carbonyl (C=O) groups excluding carboxylic acids is 1. The van der Waals surface area contributed by atoms with Crippen molar-refractivity contribution in [2.75, 3.05) is 0 Å². The summed E-state index contributed by atoms with van der Waals surface area (Å²) in [5.74, 6) is 0.403. The van der Waals surface area contributed by atoms with Crippen molar-refractivity contribution in [1.82, 2.24) is 0 Å². The molecule has 2 aliphatic rings. The third-order valence-corrected chi connectivity index (χ3v) is 6.21. The van der Waals surface area contributed by atoms with Crippen LogP contribution in [0.2, 0.25) is 0 Å². The van der Waals surface area contributed by atoms with E-state index in [9.17, 15) is 9.18 Å². The smallest absolute Gasteiger partial charge is 0.136 e. The maximum absolute atomic E-state index is 13.6. The lowest BCUT2D eigenvalue weighted by Gasteiger charge is -2.38. The number of aryl methyl sites for hydroxylation is 1. The van der Waals surface area contributed by atoms with Crippen LogP contribution in [0.5, 0.6) is 0 Å². The summed E-state index contributed by atoms with van der Waals surface area (Å²) in [4.78, 5) is 12.4. The minimum atomic E-state index is -0.184. The summed E-state index contributed by atoms with van der Waals surface area (Å²) in [6.45, 7) is 0. The van der Waals surface area contributed by atoms with E-state index < -0.39 is 0 Å². The lowest BCUT2D eigenvalue weighted by atomic mass is 9.85. The zero-order chi connectivity index (χ0) is 13.9. The van der Waals surface area contributed by atoms with Crippen LogP contribution >= 0.6 is 11.8 Å². The molecule has 0 amide bonds. The molecule has 2 fully saturated rings. The second-order valence-electron chi connectivity index (χ2n) is 6.04. The molecule has 20 heavy (non-hydrogen) atoms. The molecular formula is C17H21FOS. The highest BCUT2D eigenvalue weighted by Gasteiger charge is 2.35. The van der Waals surface area contributed by atoms with Gasteiger partial charge in [0.2, 0.25) is 0 Å². The summed E-state index contributed by atoms with van der Waals surface area (Å²) < 4.78 is 13.6. The molecule has 3 heteroatoms. The highest BCUT2D eigenvalue weighted by atomic mass is 32.2. The first kappa shape index (κ1) is 14.1. The summed E-state index contributed by atoms with van der Waals surface area (Å²) in [5, 5.41) is 1.40. The minimum Gasteiger partial charge on any atom is -0.299 e. The maximum atomic E-state index is 13.6. The first-order valence-electron chi connectivity index (χ1n) is 7.64. The molecule has 2 heterocycles. The van der Waals surface area contributed by atoms with Crippen molar-refractivity contribution in [2.45, 2.75) is 55.4 Å². The van der Waals surface area contributed by atoms with Gasteiger partial charge in [0, 0.05) is 22.8 Å². The molecule has 2 atom stereocenters. The number of fused-ring (bicyclic) bond motifs is 2. The average molecular weight is 292 g/mol. The number of benzene rings is 1. The van der Waals surface area contributed by atoms with E-state index in [0.717, 1.165) is 12.8 Å². The van der Waals surface area contributed by atoms with Crippen molar-refractivity contribution in [3.8, 4) is 0 Å². The molecule has 0 N–H and O–H groups in total. The van der Waals surface area contributed by atoms with Gasteiger partial charge in [0.1, 0.15) is 11.6 Å². The van der Waals surface area contributed by atoms with Crippen molar-refractivity contribution in [1.29, 1.82) is 0 Å². The number of ketones is 1. The van der Waals surface area contributed by atoms with Gasteiger partial charge in [-0.05, 0) is 43.7 Å². The monoisotopic (exact) mass is 292 g/mol. The van der Waals surface area contributed by atoms with Crippen LogP contribution in [0.25, 0.3) is 0 Å². The predicted molar refractivity (Wildman–Crippen MR) is 81.5 cm³/mol. The molecule has 3 rings (SSSR count). The van der Waals surface area contributed by atoms with Gasteiger partial charge in [-0.25, -0.2) is 4.39 Å².